The molecule has 4 nitrogen and oxygen atoms in total. The van der Waals surface area contributed by atoms with E-state index in [4.69, 9.17) is 0 Å². The average molecular weight is 392 g/mol. The number of likely N-dealkylation sites (tertiary alicyclic amines) is 1. The van der Waals surface area contributed by atoms with E-state index in [0.29, 0.717) is 13.1 Å². The molecule has 0 radical (unpaired) electrons. The van der Waals surface area contributed by atoms with E-state index in [-0.39, 0.29) is 6.04 Å². The molecule has 160 valence electrons. The second-order valence-corrected chi connectivity index (χ2v) is 8.50. The summed E-state index contributed by atoms with van der Waals surface area (Å²) in [6.45, 7) is 3.36. The van der Waals surface area contributed by atoms with Crippen LogP contribution in [0.5, 0.6) is 0 Å². The number of hydrogen-bond acceptors (Lipinski definition) is 4. The SMILES string of the molecule is CCCCCCCCCCCC[C@@H]1[C@H](O)[C@@H](O)[C@H](O)CN1Cc1ccccc1. The first kappa shape index (κ1) is 23.3. The molecule has 1 fully saturated rings. The fourth-order valence-corrected chi connectivity index (χ4v) is 4.35. The Kier molecular flexibility index (Phi) is 11.1. The smallest absolute Gasteiger partial charge is 0.108 e. The minimum atomic E-state index is -1.04. The van der Waals surface area contributed by atoms with Crippen molar-refractivity contribution >= 4 is 0 Å². The van der Waals surface area contributed by atoms with E-state index in [1.807, 2.05) is 18.2 Å². The highest BCUT2D eigenvalue weighted by molar-refractivity contribution is 5.15. The lowest BCUT2D eigenvalue weighted by atomic mass is 9.89. The van der Waals surface area contributed by atoms with Gasteiger partial charge in [-0.15, -0.1) is 0 Å². The van der Waals surface area contributed by atoms with Crippen LogP contribution >= 0.6 is 0 Å². The molecule has 0 aliphatic carbocycles. The maximum atomic E-state index is 10.5. The molecule has 0 aromatic heterocycles. The van der Waals surface area contributed by atoms with Crippen LogP contribution < -0.4 is 0 Å². The van der Waals surface area contributed by atoms with Crippen molar-refractivity contribution in [1.29, 1.82) is 0 Å². The van der Waals surface area contributed by atoms with Crippen molar-refractivity contribution in [3.05, 3.63) is 35.9 Å². The summed E-state index contributed by atoms with van der Waals surface area (Å²) >= 11 is 0. The fraction of sp³-hybridized carbons (Fsp3) is 0.750. The van der Waals surface area contributed by atoms with Gasteiger partial charge in [0.15, 0.2) is 0 Å². The van der Waals surface area contributed by atoms with Crippen molar-refractivity contribution in [2.75, 3.05) is 6.54 Å². The molecule has 1 heterocycles. The lowest BCUT2D eigenvalue weighted by Gasteiger charge is -2.44. The van der Waals surface area contributed by atoms with Gasteiger partial charge in [-0.1, -0.05) is 101 Å². The zero-order valence-corrected chi connectivity index (χ0v) is 17.7. The van der Waals surface area contributed by atoms with Gasteiger partial charge < -0.3 is 15.3 Å². The van der Waals surface area contributed by atoms with Gasteiger partial charge in [0, 0.05) is 19.1 Å². The highest BCUT2D eigenvalue weighted by atomic mass is 16.4. The Hall–Kier alpha value is -0.940. The molecule has 1 aromatic carbocycles. The highest BCUT2D eigenvalue weighted by Crippen LogP contribution is 2.25. The maximum Gasteiger partial charge on any atom is 0.108 e. The van der Waals surface area contributed by atoms with Crippen molar-refractivity contribution in [3.8, 4) is 0 Å². The van der Waals surface area contributed by atoms with E-state index in [1.54, 1.807) is 0 Å². The summed E-state index contributed by atoms with van der Waals surface area (Å²) < 4.78 is 0. The minimum Gasteiger partial charge on any atom is -0.389 e. The number of nitrogens with zero attached hydrogens (tertiary/aromatic N) is 1. The van der Waals surface area contributed by atoms with Crippen molar-refractivity contribution < 1.29 is 15.3 Å². The summed E-state index contributed by atoms with van der Waals surface area (Å²) in [7, 11) is 0. The zero-order chi connectivity index (χ0) is 20.2. The molecule has 1 aromatic rings. The van der Waals surface area contributed by atoms with E-state index in [0.717, 1.165) is 12.8 Å². The minimum absolute atomic E-state index is 0.0901. The van der Waals surface area contributed by atoms with Gasteiger partial charge >= 0.3 is 0 Å². The number of hydrogen-bond donors (Lipinski definition) is 3. The molecule has 0 saturated carbocycles. The van der Waals surface area contributed by atoms with Crippen LogP contribution in [0, 0.1) is 0 Å². The normalized spacial score (nSPS) is 25.9. The molecule has 3 N–H and O–H groups in total. The maximum absolute atomic E-state index is 10.5. The Balaban J connectivity index is 1.71. The second kappa shape index (κ2) is 13.3. The molecule has 1 aliphatic heterocycles. The number of piperidine rings is 1. The summed E-state index contributed by atoms with van der Waals surface area (Å²) in [6, 6.07) is 10.1. The second-order valence-electron chi connectivity index (χ2n) is 8.50. The zero-order valence-electron chi connectivity index (χ0n) is 17.7. The molecule has 28 heavy (non-hydrogen) atoms. The van der Waals surface area contributed by atoms with E-state index in [1.165, 1.54) is 63.4 Å². The summed E-state index contributed by atoms with van der Waals surface area (Å²) in [5.74, 6) is 0. The van der Waals surface area contributed by atoms with Crippen LogP contribution in [0.4, 0.5) is 0 Å². The number of β-amino-alcohol motifs (C(OH)–C–C–N with tert-alkyl or cyclic N) is 1. The Morgan fingerprint density at radius 1 is 0.786 bits per heavy atom. The third-order valence-corrected chi connectivity index (χ3v) is 6.11. The predicted octanol–water partition coefficient (Wildman–Crippen LogP) is 4.26. The quantitative estimate of drug-likeness (QED) is 0.440. The molecular weight excluding hydrogens is 350 g/mol. The molecule has 1 aliphatic rings. The molecular formula is C24H41NO3. The Morgan fingerprint density at radius 2 is 1.36 bits per heavy atom. The van der Waals surface area contributed by atoms with Crippen LogP contribution in [-0.4, -0.2) is 51.1 Å². The molecule has 0 bridgehead atoms. The van der Waals surface area contributed by atoms with Gasteiger partial charge in [0.05, 0.1) is 12.2 Å². The number of unbranched alkanes of at least 4 members (excludes halogenated alkanes) is 9. The van der Waals surface area contributed by atoms with Crippen LogP contribution in [0.15, 0.2) is 30.3 Å². The van der Waals surface area contributed by atoms with Crippen molar-refractivity contribution in [2.45, 2.75) is 108 Å². The van der Waals surface area contributed by atoms with Gasteiger partial charge in [0.1, 0.15) is 6.10 Å². The molecule has 2 rings (SSSR count). The summed E-state index contributed by atoms with van der Waals surface area (Å²) in [5.41, 5.74) is 1.17. The van der Waals surface area contributed by atoms with Crippen molar-refractivity contribution in [1.82, 2.24) is 4.90 Å². The van der Waals surface area contributed by atoms with Gasteiger partial charge in [-0.05, 0) is 12.0 Å². The van der Waals surface area contributed by atoms with Crippen molar-refractivity contribution in [3.63, 3.8) is 0 Å². The van der Waals surface area contributed by atoms with Gasteiger partial charge in [-0.3, -0.25) is 4.90 Å². The highest BCUT2D eigenvalue weighted by Gasteiger charge is 2.40. The molecule has 0 amide bonds. The molecule has 4 heteroatoms. The van der Waals surface area contributed by atoms with E-state index in [2.05, 4.69) is 24.0 Å². The van der Waals surface area contributed by atoms with E-state index < -0.39 is 18.3 Å². The summed E-state index contributed by atoms with van der Waals surface area (Å²) in [4.78, 5) is 2.14. The Morgan fingerprint density at radius 3 is 1.96 bits per heavy atom. The molecule has 0 spiro atoms. The number of rotatable bonds is 13. The third-order valence-electron chi connectivity index (χ3n) is 6.11. The summed E-state index contributed by atoms with van der Waals surface area (Å²) in [5, 5.41) is 30.8. The van der Waals surface area contributed by atoms with Crippen LogP contribution in [0.2, 0.25) is 0 Å². The molecule has 0 unspecified atom stereocenters. The van der Waals surface area contributed by atoms with Crippen molar-refractivity contribution in [2.24, 2.45) is 0 Å². The van der Waals surface area contributed by atoms with E-state index in [9.17, 15) is 15.3 Å². The molecule has 1 saturated heterocycles. The lowest BCUT2D eigenvalue weighted by molar-refractivity contribution is -0.140. The van der Waals surface area contributed by atoms with Gasteiger partial charge in [0.2, 0.25) is 0 Å². The van der Waals surface area contributed by atoms with Crippen LogP contribution in [0.25, 0.3) is 0 Å². The molecule has 4 atom stereocenters. The predicted molar refractivity (Wildman–Crippen MR) is 115 cm³/mol. The van der Waals surface area contributed by atoms with E-state index >= 15 is 0 Å². The first-order valence-electron chi connectivity index (χ1n) is 11.5. The number of aliphatic hydroxyl groups is 3. The van der Waals surface area contributed by atoms with Gasteiger partial charge in [-0.25, -0.2) is 0 Å². The fourth-order valence-electron chi connectivity index (χ4n) is 4.35. The standard InChI is InChI=1S/C24H41NO3/c1-2-3-4-5-6-7-8-9-10-14-17-21-23(27)24(28)22(26)19-25(21)18-20-15-12-11-13-16-20/h11-13,15-16,21-24,26-28H,2-10,14,17-19H2,1H3/t21-,22-,23+,24+/m1/s1. The lowest BCUT2D eigenvalue weighted by Crippen LogP contribution is -2.60. The van der Waals surface area contributed by atoms with Crippen LogP contribution in [0.1, 0.15) is 83.1 Å². The first-order valence-corrected chi connectivity index (χ1v) is 11.5. The number of aliphatic hydroxyl groups excluding tert-OH is 3. The number of benzene rings is 1. The first-order chi connectivity index (χ1) is 13.6. The largest absolute Gasteiger partial charge is 0.389 e. The Bertz CT molecular complexity index is 510. The third kappa shape index (κ3) is 7.82. The average Bonchev–Trinajstić information content (AvgIpc) is 2.70. The van der Waals surface area contributed by atoms with Gasteiger partial charge in [-0.2, -0.15) is 0 Å². The monoisotopic (exact) mass is 391 g/mol. The summed E-state index contributed by atoms with van der Waals surface area (Å²) in [6.07, 6.45) is 11.0. The topological polar surface area (TPSA) is 63.9 Å². The van der Waals surface area contributed by atoms with Crippen LogP contribution in [0.3, 0.4) is 0 Å². The van der Waals surface area contributed by atoms with Gasteiger partial charge in [0.25, 0.3) is 0 Å². The van der Waals surface area contributed by atoms with Crippen LogP contribution in [-0.2, 0) is 6.54 Å². The Labute approximate surface area is 171 Å².